The van der Waals surface area contributed by atoms with Gasteiger partial charge >= 0.3 is 5.97 Å². The summed E-state index contributed by atoms with van der Waals surface area (Å²) in [5.41, 5.74) is 2.76. The van der Waals surface area contributed by atoms with Gasteiger partial charge in [0.15, 0.2) is 0 Å². The molecule has 1 saturated heterocycles. The van der Waals surface area contributed by atoms with Crippen LogP contribution in [0.25, 0.3) is 11.3 Å². The minimum Gasteiger partial charge on any atom is -0.478 e. The van der Waals surface area contributed by atoms with Crippen molar-refractivity contribution in [2.75, 3.05) is 13.1 Å². The summed E-state index contributed by atoms with van der Waals surface area (Å²) in [7, 11) is 0. The predicted molar refractivity (Wildman–Crippen MR) is 88.5 cm³/mol. The Balaban J connectivity index is 1.81. The first-order valence-corrected chi connectivity index (χ1v) is 7.93. The highest BCUT2D eigenvalue weighted by Crippen LogP contribution is 2.26. The van der Waals surface area contributed by atoms with E-state index in [1.54, 1.807) is 43.6 Å². The Morgan fingerprint density at radius 1 is 1.21 bits per heavy atom. The van der Waals surface area contributed by atoms with Gasteiger partial charge in [0.05, 0.1) is 17.0 Å². The highest BCUT2D eigenvalue weighted by atomic mass is 16.4. The third kappa shape index (κ3) is 3.42. The summed E-state index contributed by atoms with van der Waals surface area (Å²) in [5, 5.41) is 9.00. The van der Waals surface area contributed by atoms with E-state index in [9.17, 15) is 9.59 Å². The van der Waals surface area contributed by atoms with Crippen molar-refractivity contribution >= 4 is 11.9 Å². The SMILES string of the molecule is CC(=O)N1CC[C@@H](Cc2nccnc2-c2ccc(C(=O)O)cc2)C1. The smallest absolute Gasteiger partial charge is 0.335 e. The van der Waals surface area contributed by atoms with E-state index in [0.29, 0.717) is 5.92 Å². The second-order valence-corrected chi connectivity index (χ2v) is 6.06. The van der Waals surface area contributed by atoms with Gasteiger partial charge in [-0.3, -0.25) is 14.8 Å². The van der Waals surface area contributed by atoms with Gasteiger partial charge in [0.25, 0.3) is 0 Å². The lowest BCUT2D eigenvalue weighted by atomic mass is 9.98. The third-order valence-electron chi connectivity index (χ3n) is 4.39. The van der Waals surface area contributed by atoms with Gasteiger partial charge in [-0.1, -0.05) is 12.1 Å². The van der Waals surface area contributed by atoms with Crippen LogP contribution >= 0.6 is 0 Å². The van der Waals surface area contributed by atoms with Crippen molar-refractivity contribution in [3.8, 4) is 11.3 Å². The van der Waals surface area contributed by atoms with Crippen LogP contribution in [0.15, 0.2) is 36.7 Å². The molecule has 0 aliphatic carbocycles. The maximum atomic E-state index is 11.5. The van der Waals surface area contributed by atoms with Crippen LogP contribution in [0.1, 0.15) is 29.4 Å². The van der Waals surface area contributed by atoms with Crippen molar-refractivity contribution in [1.29, 1.82) is 0 Å². The Labute approximate surface area is 140 Å². The largest absolute Gasteiger partial charge is 0.478 e. The molecule has 1 aliphatic heterocycles. The number of carbonyl (C=O) groups excluding carboxylic acids is 1. The average molecular weight is 325 g/mol. The van der Waals surface area contributed by atoms with Crippen molar-refractivity contribution in [2.45, 2.75) is 19.8 Å². The monoisotopic (exact) mass is 325 g/mol. The number of carboxylic acids is 1. The topological polar surface area (TPSA) is 83.4 Å². The predicted octanol–water partition coefficient (Wildman–Crippen LogP) is 2.25. The molecule has 1 aliphatic rings. The summed E-state index contributed by atoms with van der Waals surface area (Å²) in [5.74, 6) is -0.458. The quantitative estimate of drug-likeness (QED) is 0.932. The molecule has 2 heterocycles. The summed E-state index contributed by atoms with van der Waals surface area (Å²) in [6, 6.07) is 6.66. The number of carbonyl (C=O) groups is 2. The van der Waals surface area contributed by atoms with Crippen molar-refractivity contribution < 1.29 is 14.7 Å². The number of likely N-dealkylation sites (tertiary alicyclic amines) is 1. The zero-order valence-corrected chi connectivity index (χ0v) is 13.5. The van der Waals surface area contributed by atoms with E-state index in [0.717, 1.165) is 42.9 Å². The van der Waals surface area contributed by atoms with Gasteiger partial charge in [0.2, 0.25) is 5.91 Å². The average Bonchev–Trinajstić information content (AvgIpc) is 3.04. The highest BCUT2D eigenvalue weighted by Gasteiger charge is 2.25. The van der Waals surface area contributed by atoms with Crippen molar-refractivity contribution in [1.82, 2.24) is 14.9 Å². The number of aromatic nitrogens is 2. The standard InChI is InChI=1S/C18H19N3O3/c1-12(22)21-9-6-13(11-21)10-16-17(20-8-7-19-16)14-2-4-15(5-3-14)18(23)24/h2-5,7-8,13H,6,9-11H2,1H3,(H,23,24)/t13-/m0/s1. The Morgan fingerprint density at radius 2 is 1.92 bits per heavy atom. The fraction of sp³-hybridized carbons (Fsp3) is 0.333. The third-order valence-corrected chi connectivity index (χ3v) is 4.39. The Bertz CT molecular complexity index is 758. The van der Waals surface area contributed by atoms with Gasteiger partial charge in [-0.05, 0) is 30.9 Å². The Morgan fingerprint density at radius 3 is 2.54 bits per heavy atom. The molecule has 1 amide bonds. The first-order chi connectivity index (χ1) is 11.5. The second kappa shape index (κ2) is 6.78. The molecule has 1 aromatic carbocycles. The van der Waals surface area contributed by atoms with Crippen LogP contribution in [-0.4, -0.2) is 44.9 Å². The Hall–Kier alpha value is -2.76. The van der Waals surface area contributed by atoms with Crippen molar-refractivity contribution in [3.63, 3.8) is 0 Å². The molecule has 0 radical (unpaired) electrons. The number of nitrogens with zero attached hydrogens (tertiary/aromatic N) is 3. The zero-order chi connectivity index (χ0) is 17.1. The van der Waals surface area contributed by atoms with Gasteiger partial charge in [-0.15, -0.1) is 0 Å². The van der Waals surface area contributed by atoms with E-state index in [2.05, 4.69) is 9.97 Å². The van der Waals surface area contributed by atoms with Gasteiger partial charge in [-0.25, -0.2) is 4.79 Å². The molecule has 1 N–H and O–H groups in total. The minimum atomic E-state index is -0.948. The van der Waals surface area contributed by atoms with E-state index in [1.165, 1.54) is 0 Å². The molecule has 1 aromatic heterocycles. The molecular weight excluding hydrogens is 306 g/mol. The summed E-state index contributed by atoms with van der Waals surface area (Å²) in [6.07, 6.45) is 5.03. The van der Waals surface area contributed by atoms with Gasteiger partial charge in [0, 0.05) is 38.0 Å². The molecule has 0 unspecified atom stereocenters. The van der Waals surface area contributed by atoms with Crippen molar-refractivity contribution in [3.05, 3.63) is 47.9 Å². The normalized spacial score (nSPS) is 17.0. The van der Waals surface area contributed by atoms with Crippen LogP contribution < -0.4 is 0 Å². The zero-order valence-electron chi connectivity index (χ0n) is 13.5. The van der Waals surface area contributed by atoms with E-state index in [-0.39, 0.29) is 11.5 Å². The summed E-state index contributed by atoms with van der Waals surface area (Å²) >= 11 is 0. The van der Waals surface area contributed by atoms with Gasteiger partial charge < -0.3 is 10.0 Å². The maximum Gasteiger partial charge on any atom is 0.335 e. The lowest BCUT2D eigenvalue weighted by molar-refractivity contribution is -0.127. The molecule has 124 valence electrons. The van der Waals surface area contributed by atoms with Crippen LogP contribution in [0.3, 0.4) is 0 Å². The number of hydrogen-bond acceptors (Lipinski definition) is 4. The molecule has 24 heavy (non-hydrogen) atoms. The highest BCUT2D eigenvalue weighted by molar-refractivity contribution is 5.88. The van der Waals surface area contributed by atoms with Gasteiger partial charge in [0.1, 0.15) is 0 Å². The summed E-state index contributed by atoms with van der Waals surface area (Å²) in [6.45, 7) is 3.15. The Kier molecular flexibility index (Phi) is 4.55. The number of rotatable bonds is 4. The minimum absolute atomic E-state index is 0.112. The number of carboxylic acid groups (broad SMARTS) is 1. The van der Waals surface area contributed by atoms with Crippen LogP contribution in [0.5, 0.6) is 0 Å². The van der Waals surface area contributed by atoms with Gasteiger partial charge in [-0.2, -0.15) is 0 Å². The summed E-state index contributed by atoms with van der Waals surface area (Å²) < 4.78 is 0. The molecule has 6 heteroatoms. The van der Waals surface area contributed by atoms with E-state index in [1.807, 2.05) is 4.90 Å². The molecule has 0 bridgehead atoms. The lowest BCUT2D eigenvalue weighted by Gasteiger charge is -2.14. The number of aromatic carboxylic acids is 1. The molecule has 0 spiro atoms. The molecule has 3 rings (SSSR count). The first-order valence-electron chi connectivity index (χ1n) is 7.93. The lowest BCUT2D eigenvalue weighted by Crippen LogP contribution is -2.26. The molecule has 0 saturated carbocycles. The molecule has 2 aromatic rings. The summed E-state index contributed by atoms with van der Waals surface area (Å²) in [4.78, 5) is 33.2. The fourth-order valence-electron chi connectivity index (χ4n) is 3.09. The fourth-order valence-corrected chi connectivity index (χ4v) is 3.09. The number of benzene rings is 1. The van der Waals surface area contributed by atoms with Crippen LogP contribution in [0.2, 0.25) is 0 Å². The second-order valence-electron chi connectivity index (χ2n) is 6.06. The first kappa shape index (κ1) is 16.1. The van der Waals surface area contributed by atoms with Crippen LogP contribution in [0.4, 0.5) is 0 Å². The van der Waals surface area contributed by atoms with Crippen molar-refractivity contribution in [2.24, 2.45) is 5.92 Å². The number of hydrogen-bond donors (Lipinski definition) is 1. The molecule has 1 atom stereocenters. The maximum absolute atomic E-state index is 11.5. The van der Waals surface area contributed by atoms with E-state index >= 15 is 0 Å². The molecule has 1 fully saturated rings. The van der Waals surface area contributed by atoms with E-state index < -0.39 is 5.97 Å². The van der Waals surface area contributed by atoms with E-state index in [4.69, 9.17) is 5.11 Å². The van der Waals surface area contributed by atoms with Crippen LogP contribution in [0, 0.1) is 5.92 Å². The molecular formula is C18H19N3O3. The number of amides is 1. The molecule has 6 nitrogen and oxygen atoms in total. The van der Waals surface area contributed by atoms with Crippen LogP contribution in [-0.2, 0) is 11.2 Å².